The smallest absolute Gasteiger partial charge is 0.322 e. The molecule has 0 aliphatic heterocycles. The highest BCUT2D eigenvalue weighted by atomic mass is 35.5. The molecule has 1 N–H and O–H groups in total. The summed E-state index contributed by atoms with van der Waals surface area (Å²) in [5, 5.41) is 9.52. The standard InChI is InChI=1S/C18H16ClNO4/c1-2-24-18(23)15(11-20-12-7-9-13(21)10-8-12)17(22)14-5-3-4-6-16(14)19/h3-11,15,21H,2H2,1H3. The van der Waals surface area contributed by atoms with Gasteiger partial charge in [0, 0.05) is 11.8 Å². The summed E-state index contributed by atoms with van der Waals surface area (Å²) in [6.07, 6.45) is 1.23. The van der Waals surface area contributed by atoms with Gasteiger partial charge in [-0.2, -0.15) is 0 Å². The zero-order chi connectivity index (χ0) is 17.5. The van der Waals surface area contributed by atoms with Crippen molar-refractivity contribution in [1.82, 2.24) is 0 Å². The van der Waals surface area contributed by atoms with Gasteiger partial charge < -0.3 is 9.84 Å². The topological polar surface area (TPSA) is 76.0 Å². The molecule has 1 unspecified atom stereocenters. The molecule has 0 aromatic heterocycles. The molecule has 0 spiro atoms. The van der Waals surface area contributed by atoms with Crippen LogP contribution in [0.2, 0.25) is 5.02 Å². The Kier molecular flexibility index (Phi) is 6.09. The van der Waals surface area contributed by atoms with Gasteiger partial charge in [-0.25, -0.2) is 0 Å². The van der Waals surface area contributed by atoms with Crippen molar-refractivity contribution in [3.63, 3.8) is 0 Å². The average Bonchev–Trinajstić information content (AvgIpc) is 2.57. The molecular weight excluding hydrogens is 330 g/mol. The first kappa shape index (κ1) is 17.7. The maximum absolute atomic E-state index is 12.6. The van der Waals surface area contributed by atoms with Crippen molar-refractivity contribution in [1.29, 1.82) is 0 Å². The van der Waals surface area contributed by atoms with Crippen LogP contribution in [0.5, 0.6) is 5.75 Å². The number of halogens is 1. The summed E-state index contributed by atoms with van der Waals surface area (Å²) in [5.74, 6) is -2.27. The number of benzene rings is 2. The molecule has 2 rings (SSSR count). The molecule has 0 bridgehead atoms. The largest absolute Gasteiger partial charge is 0.508 e. The van der Waals surface area contributed by atoms with Crippen molar-refractivity contribution < 1.29 is 19.4 Å². The molecule has 24 heavy (non-hydrogen) atoms. The van der Waals surface area contributed by atoms with Crippen LogP contribution in [-0.2, 0) is 9.53 Å². The van der Waals surface area contributed by atoms with Crippen molar-refractivity contribution in [2.45, 2.75) is 6.92 Å². The summed E-state index contributed by atoms with van der Waals surface area (Å²) >= 11 is 6.03. The molecule has 124 valence electrons. The van der Waals surface area contributed by atoms with Gasteiger partial charge in [-0.05, 0) is 43.3 Å². The van der Waals surface area contributed by atoms with Crippen LogP contribution < -0.4 is 0 Å². The minimum atomic E-state index is -1.20. The van der Waals surface area contributed by atoms with Crippen molar-refractivity contribution in [2.24, 2.45) is 10.9 Å². The molecule has 0 aliphatic carbocycles. The molecule has 0 saturated heterocycles. The molecule has 6 heteroatoms. The number of nitrogens with zero attached hydrogens (tertiary/aromatic N) is 1. The number of hydrogen-bond donors (Lipinski definition) is 1. The lowest BCUT2D eigenvalue weighted by Crippen LogP contribution is -2.28. The Bertz CT molecular complexity index is 756. The predicted molar refractivity (Wildman–Crippen MR) is 92.2 cm³/mol. The van der Waals surface area contributed by atoms with E-state index in [1.54, 1.807) is 43.3 Å². The first-order chi connectivity index (χ1) is 11.5. The van der Waals surface area contributed by atoms with E-state index in [0.717, 1.165) is 0 Å². The summed E-state index contributed by atoms with van der Waals surface area (Å²) < 4.78 is 4.96. The summed E-state index contributed by atoms with van der Waals surface area (Å²) in [5.41, 5.74) is 0.725. The third kappa shape index (κ3) is 4.43. The lowest BCUT2D eigenvalue weighted by atomic mass is 9.98. The molecule has 0 saturated carbocycles. The number of ether oxygens (including phenoxy) is 1. The molecule has 0 radical (unpaired) electrons. The Hall–Kier alpha value is -2.66. The van der Waals surface area contributed by atoms with Gasteiger partial charge in [-0.1, -0.05) is 23.7 Å². The Morgan fingerprint density at radius 3 is 2.50 bits per heavy atom. The normalized spacial score (nSPS) is 12.1. The third-order valence-corrected chi connectivity index (χ3v) is 3.51. The van der Waals surface area contributed by atoms with E-state index in [4.69, 9.17) is 16.3 Å². The molecule has 0 amide bonds. The first-order valence-corrected chi connectivity index (χ1v) is 7.69. The van der Waals surface area contributed by atoms with Gasteiger partial charge in [0.25, 0.3) is 0 Å². The SMILES string of the molecule is CCOC(=O)C(C=Nc1ccc(O)cc1)C(=O)c1ccccc1Cl. The van der Waals surface area contributed by atoms with Gasteiger partial charge >= 0.3 is 5.97 Å². The maximum atomic E-state index is 12.6. The Balaban J connectivity index is 2.31. The fourth-order valence-electron chi connectivity index (χ4n) is 2.00. The monoisotopic (exact) mass is 345 g/mol. The van der Waals surface area contributed by atoms with Gasteiger partial charge in [0.2, 0.25) is 0 Å². The molecule has 5 nitrogen and oxygen atoms in total. The van der Waals surface area contributed by atoms with Crippen LogP contribution in [-0.4, -0.2) is 29.7 Å². The molecule has 2 aromatic carbocycles. The molecule has 0 heterocycles. The highest BCUT2D eigenvalue weighted by molar-refractivity contribution is 6.35. The number of carbonyl (C=O) groups is 2. The number of ketones is 1. The summed E-state index contributed by atoms with van der Waals surface area (Å²) in [6, 6.07) is 12.5. The lowest BCUT2D eigenvalue weighted by molar-refractivity contribution is -0.143. The zero-order valence-electron chi connectivity index (χ0n) is 13.0. The van der Waals surface area contributed by atoms with E-state index in [2.05, 4.69) is 4.99 Å². The average molecular weight is 346 g/mol. The van der Waals surface area contributed by atoms with Crippen molar-refractivity contribution in [3.8, 4) is 5.75 Å². The van der Waals surface area contributed by atoms with Crippen LogP contribution in [0, 0.1) is 5.92 Å². The summed E-state index contributed by atoms with van der Waals surface area (Å²) in [4.78, 5) is 28.9. The van der Waals surface area contributed by atoms with Crippen LogP contribution in [0.4, 0.5) is 5.69 Å². The van der Waals surface area contributed by atoms with E-state index in [1.807, 2.05) is 0 Å². The second kappa shape index (κ2) is 8.26. The van der Waals surface area contributed by atoms with E-state index in [1.165, 1.54) is 18.3 Å². The number of rotatable bonds is 6. The zero-order valence-corrected chi connectivity index (χ0v) is 13.7. The number of aromatic hydroxyl groups is 1. The number of phenols is 1. The van der Waals surface area contributed by atoms with Crippen molar-refractivity contribution in [2.75, 3.05) is 6.61 Å². The fraction of sp³-hybridized carbons (Fsp3) is 0.167. The number of hydrogen-bond acceptors (Lipinski definition) is 5. The van der Waals surface area contributed by atoms with Gasteiger partial charge in [0.1, 0.15) is 5.75 Å². The third-order valence-electron chi connectivity index (χ3n) is 3.18. The summed E-state index contributed by atoms with van der Waals surface area (Å²) in [7, 11) is 0. The molecule has 1 atom stereocenters. The Morgan fingerprint density at radius 1 is 1.21 bits per heavy atom. The van der Waals surface area contributed by atoms with E-state index in [9.17, 15) is 14.7 Å². The Morgan fingerprint density at radius 2 is 1.88 bits per heavy atom. The van der Waals surface area contributed by atoms with Crippen LogP contribution in [0.15, 0.2) is 53.5 Å². The first-order valence-electron chi connectivity index (χ1n) is 7.31. The lowest BCUT2D eigenvalue weighted by Gasteiger charge is -2.11. The van der Waals surface area contributed by atoms with Gasteiger partial charge in [0.15, 0.2) is 11.7 Å². The van der Waals surface area contributed by atoms with Crippen LogP contribution in [0.3, 0.4) is 0 Å². The van der Waals surface area contributed by atoms with Crippen molar-refractivity contribution in [3.05, 3.63) is 59.1 Å². The quantitative estimate of drug-likeness (QED) is 0.374. The van der Waals surface area contributed by atoms with E-state index in [0.29, 0.717) is 5.69 Å². The number of carbonyl (C=O) groups excluding carboxylic acids is 2. The van der Waals surface area contributed by atoms with Gasteiger partial charge in [0.05, 0.1) is 17.3 Å². The highest BCUT2D eigenvalue weighted by Gasteiger charge is 2.28. The minimum Gasteiger partial charge on any atom is -0.508 e. The van der Waals surface area contributed by atoms with E-state index < -0.39 is 17.7 Å². The highest BCUT2D eigenvalue weighted by Crippen LogP contribution is 2.21. The second-order valence-electron chi connectivity index (χ2n) is 4.87. The van der Waals surface area contributed by atoms with Crippen molar-refractivity contribution >= 4 is 35.3 Å². The maximum Gasteiger partial charge on any atom is 0.322 e. The van der Waals surface area contributed by atoms with Gasteiger partial charge in [-0.15, -0.1) is 0 Å². The number of phenolic OH excluding ortho intramolecular Hbond substituents is 1. The Labute approximate surface area is 144 Å². The molecule has 2 aromatic rings. The second-order valence-corrected chi connectivity index (χ2v) is 5.28. The molecular formula is C18H16ClNO4. The number of esters is 1. The van der Waals surface area contributed by atoms with Crippen LogP contribution in [0.25, 0.3) is 0 Å². The fourth-order valence-corrected chi connectivity index (χ4v) is 2.22. The summed E-state index contributed by atoms with van der Waals surface area (Å²) in [6.45, 7) is 1.81. The number of aliphatic imine (C=N–C) groups is 1. The minimum absolute atomic E-state index is 0.100. The molecule has 0 fully saturated rings. The van der Waals surface area contributed by atoms with E-state index in [-0.39, 0.29) is 22.9 Å². The number of Topliss-reactive ketones (excluding diaryl/α,β-unsaturated/α-hetero) is 1. The van der Waals surface area contributed by atoms with E-state index >= 15 is 0 Å². The van der Waals surface area contributed by atoms with Crippen LogP contribution >= 0.6 is 11.6 Å². The predicted octanol–water partition coefficient (Wildman–Crippen LogP) is 3.81. The van der Waals surface area contributed by atoms with Gasteiger partial charge in [-0.3, -0.25) is 14.6 Å². The van der Waals surface area contributed by atoms with Crippen LogP contribution in [0.1, 0.15) is 17.3 Å². The molecule has 0 aliphatic rings.